The molecule has 148 valence electrons. The van der Waals surface area contributed by atoms with Gasteiger partial charge < -0.3 is 10.1 Å². The molecule has 0 saturated carbocycles. The van der Waals surface area contributed by atoms with Crippen molar-refractivity contribution in [3.05, 3.63) is 80.6 Å². The number of rotatable bonds is 7. The Bertz CT molecular complexity index is 948. The van der Waals surface area contributed by atoms with Crippen LogP contribution in [0.4, 0.5) is 0 Å². The Morgan fingerprint density at radius 1 is 1.04 bits per heavy atom. The molecule has 1 atom stereocenters. The van der Waals surface area contributed by atoms with E-state index in [1.807, 2.05) is 48.0 Å². The van der Waals surface area contributed by atoms with Gasteiger partial charge in [0.05, 0.1) is 19.3 Å². The average molecular weight is 418 g/mol. The molecule has 0 bridgehead atoms. The molecule has 28 heavy (non-hydrogen) atoms. The lowest BCUT2D eigenvalue weighted by Gasteiger charge is -2.17. The summed E-state index contributed by atoms with van der Waals surface area (Å²) in [5.41, 5.74) is 5.31. The molecule has 2 aromatic carbocycles. The molecular formula is C22H25Cl2N3O. The first-order valence-corrected chi connectivity index (χ1v) is 10.00. The van der Waals surface area contributed by atoms with Crippen LogP contribution < -0.4 is 10.1 Å². The predicted octanol–water partition coefficient (Wildman–Crippen LogP) is 5.71. The Hall–Kier alpha value is -2.01. The molecule has 0 aliphatic carbocycles. The fourth-order valence-electron chi connectivity index (χ4n) is 3.37. The van der Waals surface area contributed by atoms with E-state index in [0.717, 1.165) is 28.3 Å². The topological polar surface area (TPSA) is 39.1 Å². The van der Waals surface area contributed by atoms with E-state index in [1.54, 1.807) is 7.11 Å². The van der Waals surface area contributed by atoms with Crippen molar-refractivity contribution in [2.24, 2.45) is 0 Å². The number of ether oxygens (including phenoxy) is 1. The second-order valence-corrected chi connectivity index (χ2v) is 7.67. The maximum Gasteiger partial charge on any atom is 0.123 e. The number of benzene rings is 2. The first kappa shape index (κ1) is 20.7. The van der Waals surface area contributed by atoms with Crippen molar-refractivity contribution >= 4 is 23.2 Å². The minimum Gasteiger partial charge on any atom is -0.496 e. The van der Waals surface area contributed by atoms with Gasteiger partial charge in [-0.1, -0.05) is 47.5 Å². The number of para-hydroxylation sites is 1. The Balaban J connectivity index is 1.77. The molecule has 0 unspecified atom stereocenters. The highest BCUT2D eigenvalue weighted by Crippen LogP contribution is 2.27. The summed E-state index contributed by atoms with van der Waals surface area (Å²) < 4.78 is 7.44. The first-order valence-electron chi connectivity index (χ1n) is 9.24. The van der Waals surface area contributed by atoms with E-state index in [1.165, 1.54) is 5.56 Å². The quantitative estimate of drug-likeness (QED) is 0.534. The molecule has 0 spiro atoms. The standard InChI is InChI=1S/C22H25Cl2N3O/c1-14(17-8-5-6-11-22(17)28-4)25-12-18-15(2)26-27(16(18)3)13-19-20(23)9-7-10-21(19)24/h5-11,14,25H,12-13H2,1-4H3/t14-/m0/s1. The number of hydrogen-bond acceptors (Lipinski definition) is 3. The van der Waals surface area contributed by atoms with Crippen LogP contribution in [0.5, 0.6) is 5.75 Å². The van der Waals surface area contributed by atoms with Gasteiger partial charge >= 0.3 is 0 Å². The summed E-state index contributed by atoms with van der Waals surface area (Å²) in [5, 5.41) is 9.61. The summed E-state index contributed by atoms with van der Waals surface area (Å²) in [4.78, 5) is 0. The summed E-state index contributed by atoms with van der Waals surface area (Å²) in [5.74, 6) is 0.889. The van der Waals surface area contributed by atoms with Crippen molar-refractivity contribution in [2.45, 2.75) is 39.9 Å². The zero-order valence-corrected chi connectivity index (χ0v) is 18.1. The summed E-state index contributed by atoms with van der Waals surface area (Å²) in [6, 6.07) is 13.8. The molecular weight excluding hydrogens is 393 g/mol. The average Bonchev–Trinajstić information content (AvgIpc) is 2.95. The fourth-order valence-corrected chi connectivity index (χ4v) is 3.88. The van der Waals surface area contributed by atoms with E-state index < -0.39 is 0 Å². The molecule has 0 saturated heterocycles. The van der Waals surface area contributed by atoms with E-state index in [9.17, 15) is 0 Å². The highest BCUT2D eigenvalue weighted by atomic mass is 35.5. The molecule has 6 heteroatoms. The normalized spacial score (nSPS) is 12.2. The van der Waals surface area contributed by atoms with Crippen LogP contribution in [0, 0.1) is 13.8 Å². The molecule has 3 aromatic rings. The molecule has 1 heterocycles. The number of aryl methyl sites for hydroxylation is 1. The van der Waals surface area contributed by atoms with Gasteiger partial charge in [-0.15, -0.1) is 0 Å². The fraction of sp³-hybridized carbons (Fsp3) is 0.318. The van der Waals surface area contributed by atoms with E-state index in [2.05, 4.69) is 25.2 Å². The Kier molecular flexibility index (Phi) is 6.65. The summed E-state index contributed by atoms with van der Waals surface area (Å²) >= 11 is 12.7. The lowest BCUT2D eigenvalue weighted by atomic mass is 10.1. The molecule has 1 N–H and O–H groups in total. The largest absolute Gasteiger partial charge is 0.496 e. The minimum atomic E-state index is 0.149. The van der Waals surface area contributed by atoms with E-state index in [-0.39, 0.29) is 6.04 Å². The number of nitrogens with zero attached hydrogens (tertiary/aromatic N) is 2. The highest BCUT2D eigenvalue weighted by Gasteiger charge is 2.16. The zero-order chi connectivity index (χ0) is 20.3. The van der Waals surface area contributed by atoms with Gasteiger partial charge in [-0.05, 0) is 39.0 Å². The van der Waals surface area contributed by atoms with Crippen LogP contribution in [-0.4, -0.2) is 16.9 Å². The number of halogens is 2. The molecule has 0 fully saturated rings. The molecule has 3 rings (SSSR count). The Morgan fingerprint density at radius 3 is 2.39 bits per heavy atom. The van der Waals surface area contributed by atoms with Crippen LogP contribution in [0.1, 0.15) is 41.0 Å². The van der Waals surface area contributed by atoms with Crippen molar-refractivity contribution in [1.82, 2.24) is 15.1 Å². The lowest BCUT2D eigenvalue weighted by molar-refractivity contribution is 0.401. The van der Waals surface area contributed by atoms with Crippen LogP contribution in [0.15, 0.2) is 42.5 Å². The van der Waals surface area contributed by atoms with E-state index in [4.69, 9.17) is 33.0 Å². The van der Waals surface area contributed by atoms with Gasteiger partial charge in [-0.2, -0.15) is 5.10 Å². The van der Waals surface area contributed by atoms with Gasteiger partial charge in [0.1, 0.15) is 5.75 Å². The predicted molar refractivity (Wildman–Crippen MR) is 116 cm³/mol. The van der Waals surface area contributed by atoms with Crippen LogP contribution >= 0.6 is 23.2 Å². The highest BCUT2D eigenvalue weighted by molar-refractivity contribution is 6.35. The second-order valence-electron chi connectivity index (χ2n) is 6.85. The third-order valence-electron chi connectivity index (χ3n) is 5.09. The summed E-state index contributed by atoms with van der Waals surface area (Å²) in [6.45, 7) is 7.51. The second kappa shape index (κ2) is 8.99. The smallest absolute Gasteiger partial charge is 0.123 e. The zero-order valence-electron chi connectivity index (χ0n) is 16.6. The third kappa shape index (κ3) is 4.35. The van der Waals surface area contributed by atoms with Crippen molar-refractivity contribution in [3.8, 4) is 5.75 Å². The van der Waals surface area contributed by atoms with Crippen LogP contribution in [0.3, 0.4) is 0 Å². The molecule has 0 aliphatic heterocycles. The number of hydrogen-bond donors (Lipinski definition) is 1. The van der Waals surface area contributed by atoms with Crippen LogP contribution in [0.2, 0.25) is 10.0 Å². The van der Waals surface area contributed by atoms with E-state index in [0.29, 0.717) is 23.1 Å². The molecule has 0 amide bonds. The van der Waals surface area contributed by atoms with Crippen molar-refractivity contribution in [1.29, 1.82) is 0 Å². The summed E-state index contributed by atoms with van der Waals surface area (Å²) in [6.07, 6.45) is 0. The third-order valence-corrected chi connectivity index (χ3v) is 5.80. The first-order chi connectivity index (χ1) is 13.4. The molecule has 1 aromatic heterocycles. The van der Waals surface area contributed by atoms with Crippen molar-refractivity contribution in [2.75, 3.05) is 7.11 Å². The maximum atomic E-state index is 6.33. The number of methoxy groups -OCH3 is 1. The lowest BCUT2D eigenvalue weighted by Crippen LogP contribution is -2.19. The van der Waals surface area contributed by atoms with Gasteiger partial charge in [0, 0.05) is 45.0 Å². The molecule has 0 aliphatic rings. The van der Waals surface area contributed by atoms with Crippen LogP contribution in [0.25, 0.3) is 0 Å². The minimum absolute atomic E-state index is 0.149. The van der Waals surface area contributed by atoms with Gasteiger partial charge in [0.25, 0.3) is 0 Å². The Morgan fingerprint density at radius 2 is 1.71 bits per heavy atom. The molecule has 0 radical (unpaired) electrons. The SMILES string of the molecule is COc1ccccc1[C@H](C)NCc1c(C)nn(Cc2c(Cl)cccc2Cl)c1C. The maximum absolute atomic E-state index is 6.33. The number of nitrogens with one attached hydrogen (secondary N) is 1. The summed E-state index contributed by atoms with van der Waals surface area (Å²) in [7, 11) is 1.70. The number of aromatic nitrogens is 2. The Labute approximate surface area is 176 Å². The van der Waals surface area contributed by atoms with Crippen molar-refractivity contribution in [3.63, 3.8) is 0 Å². The van der Waals surface area contributed by atoms with Gasteiger partial charge in [-0.3, -0.25) is 4.68 Å². The monoisotopic (exact) mass is 417 g/mol. The van der Waals surface area contributed by atoms with Gasteiger partial charge in [-0.25, -0.2) is 0 Å². The van der Waals surface area contributed by atoms with Crippen LogP contribution in [-0.2, 0) is 13.1 Å². The van der Waals surface area contributed by atoms with E-state index >= 15 is 0 Å². The van der Waals surface area contributed by atoms with Gasteiger partial charge in [0.15, 0.2) is 0 Å². The molecule has 4 nitrogen and oxygen atoms in total. The van der Waals surface area contributed by atoms with Gasteiger partial charge in [0.2, 0.25) is 0 Å². The van der Waals surface area contributed by atoms with Crippen molar-refractivity contribution < 1.29 is 4.74 Å².